The third-order valence-electron chi connectivity index (χ3n) is 4.69. The Hall–Kier alpha value is -2.64. The number of aromatic nitrogens is 1. The molecule has 0 amide bonds. The molecule has 0 spiro atoms. The normalized spacial score (nSPS) is 14.3. The van der Waals surface area contributed by atoms with Crippen molar-refractivity contribution in [2.45, 2.75) is 18.7 Å². The zero-order valence-electron chi connectivity index (χ0n) is 14.9. The third-order valence-corrected chi connectivity index (χ3v) is 5.84. The second-order valence-electron chi connectivity index (χ2n) is 6.43. The molecule has 4 aromatic rings. The molecular formula is C21H17F3N2OS. The van der Waals surface area contributed by atoms with Gasteiger partial charge in [-0.3, -0.25) is 0 Å². The van der Waals surface area contributed by atoms with Gasteiger partial charge in [0.15, 0.2) is 0 Å². The quantitative estimate of drug-likeness (QED) is 0.462. The van der Waals surface area contributed by atoms with E-state index in [1.165, 1.54) is 6.07 Å². The largest absolute Gasteiger partial charge is 0.428 e. The van der Waals surface area contributed by atoms with Crippen molar-refractivity contribution in [3.05, 3.63) is 71.2 Å². The van der Waals surface area contributed by atoms with Crippen molar-refractivity contribution in [1.29, 1.82) is 0 Å². The predicted molar refractivity (Wildman–Crippen MR) is 107 cm³/mol. The number of nitrogens with zero attached hydrogens (tertiary/aromatic N) is 1. The molecule has 144 valence electrons. The molecule has 1 heterocycles. The minimum atomic E-state index is -4.94. The molecular weight excluding hydrogens is 385 g/mol. The van der Waals surface area contributed by atoms with Crippen LogP contribution in [-0.2, 0) is 5.60 Å². The molecule has 1 atom stereocenters. The molecule has 0 bridgehead atoms. The predicted octanol–water partition coefficient (Wildman–Crippen LogP) is 5.68. The lowest BCUT2D eigenvalue weighted by molar-refractivity contribution is -0.247. The van der Waals surface area contributed by atoms with Crippen LogP contribution in [0.15, 0.2) is 60.7 Å². The Morgan fingerprint density at radius 3 is 2.32 bits per heavy atom. The molecule has 4 rings (SSSR count). The maximum absolute atomic E-state index is 14.3. The average molecular weight is 402 g/mol. The van der Waals surface area contributed by atoms with E-state index in [1.807, 2.05) is 6.92 Å². The van der Waals surface area contributed by atoms with Gasteiger partial charge in [0.05, 0.1) is 10.2 Å². The molecule has 0 saturated carbocycles. The number of hydrogen-bond acceptors (Lipinski definition) is 4. The highest BCUT2D eigenvalue weighted by Gasteiger charge is 2.59. The van der Waals surface area contributed by atoms with E-state index in [-0.39, 0.29) is 10.6 Å². The standard InChI is InChI=1S/C21H17F3N2OS/c1-2-25-16-12-11-15(13-7-3-4-8-14(13)16)20(27,21(22,23)24)19-26-17-9-5-6-10-18(17)28-19/h3-12,25,27H,2H2,1H3/t20-/m1/s1. The average Bonchev–Trinajstić information content (AvgIpc) is 3.11. The molecule has 1 aromatic heterocycles. The van der Waals surface area contributed by atoms with Crippen molar-refractivity contribution in [3.8, 4) is 0 Å². The van der Waals surface area contributed by atoms with Gasteiger partial charge < -0.3 is 10.4 Å². The molecule has 28 heavy (non-hydrogen) atoms. The lowest BCUT2D eigenvalue weighted by Gasteiger charge is -2.30. The summed E-state index contributed by atoms with van der Waals surface area (Å²) in [6.07, 6.45) is -4.94. The lowest BCUT2D eigenvalue weighted by Crippen LogP contribution is -2.43. The first-order chi connectivity index (χ1) is 13.4. The Bertz CT molecular complexity index is 1120. The first-order valence-electron chi connectivity index (χ1n) is 8.77. The fraction of sp³-hybridized carbons (Fsp3) is 0.190. The SMILES string of the molecule is CCNc1ccc([C@@](O)(c2nc3ccccc3s2)C(F)(F)F)c2ccccc12. The first kappa shape index (κ1) is 18.7. The maximum atomic E-state index is 14.3. The summed E-state index contributed by atoms with van der Waals surface area (Å²) in [5.74, 6) is 0. The van der Waals surface area contributed by atoms with E-state index in [9.17, 15) is 18.3 Å². The number of hydrogen-bond donors (Lipinski definition) is 2. The summed E-state index contributed by atoms with van der Waals surface area (Å²) >= 11 is 0.852. The summed E-state index contributed by atoms with van der Waals surface area (Å²) in [4.78, 5) is 4.13. The van der Waals surface area contributed by atoms with Crippen molar-refractivity contribution in [2.75, 3.05) is 11.9 Å². The van der Waals surface area contributed by atoms with Crippen LogP contribution in [0.3, 0.4) is 0 Å². The number of anilines is 1. The van der Waals surface area contributed by atoms with Crippen LogP contribution < -0.4 is 5.32 Å². The molecule has 0 radical (unpaired) electrons. The van der Waals surface area contributed by atoms with Gasteiger partial charge in [-0.15, -0.1) is 11.3 Å². The Morgan fingerprint density at radius 2 is 1.64 bits per heavy atom. The maximum Gasteiger partial charge on any atom is 0.428 e. The number of nitrogens with one attached hydrogen (secondary N) is 1. The minimum absolute atomic E-state index is 0.226. The van der Waals surface area contributed by atoms with Gasteiger partial charge >= 0.3 is 6.18 Å². The van der Waals surface area contributed by atoms with Gasteiger partial charge in [-0.05, 0) is 30.5 Å². The third kappa shape index (κ3) is 2.82. The highest BCUT2D eigenvalue weighted by atomic mass is 32.1. The highest BCUT2D eigenvalue weighted by Crippen LogP contribution is 2.49. The van der Waals surface area contributed by atoms with Crippen molar-refractivity contribution in [3.63, 3.8) is 0 Å². The van der Waals surface area contributed by atoms with Crippen molar-refractivity contribution >= 4 is 38.0 Å². The van der Waals surface area contributed by atoms with Crippen LogP contribution in [0.1, 0.15) is 17.5 Å². The van der Waals surface area contributed by atoms with E-state index in [0.717, 1.165) is 17.0 Å². The van der Waals surface area contributed by atoms with E-state index in [2.05, 4.69) is 10.3 Å². The molecule has 2 N–H and O–H groups in total. The second kappa shape index (κ2) is 6.76. The Kier molecular flexibility index (Phi) is 4.51. The monoisotopic (exact) mass is 402 g/mol. The molecule has 0 saturated heterocycles. The van der Waals surface area contributed by atoms with Gasteiger partial charge in [0, 0.05) is 23.2 Å². The van der Waals surface area contributed by atoms with Crippen molar-refractivity contribution in [2.24, 2.45) is 0 Å². The minimum Gasteiger partial charge on any atom is -0.385 e. The smallest absolute Gasteiger partial charge is 0.385 e. The Morgan fingerprint density at radius 1 is 0.964 bits per heavy atom. The van der Waals surface area contributed by atoms with E-state index in [0.29, 0.717) is 27.5 Å². The first-order valence-corrected chi connectivity index (χ1v) is 9.59. The van der Waals surface area contributed by atoms with Gasteiger partial charge in [0.1, 0.15) is 5.01 Å². The van der Waals surface area contributed by atoms with Crippen LogP contribution in [-0.4, -0.2) is 22.8 Å². The molecule has 7 heteroatoms. The van der Waals surface area contributed by atoms with Crippen LogP contribution >= 0.6 is 11.3 Å². The number of aliphatic hydroxyl groups is 1. The fourth-order valence-corrected chi connectivity index (χ4v) is 4.47. The van der Waals surface area contributed by atoms with Crippen molar-refractivity contribution < 1.29 is 18.3 Å². The second-order valence-corrected chi connectivity index (χ2v) is 7.46. The fourth-order valence-electron chi connectivity index (χ4n) is 3.38. The van der Waals surface area contributed by atoms with Crippen molar-refractivity contribution in [1.82, 2.24) is 4.98 Å². The molecule has 3 nitrogen and oxygen atoms in total. The molecule has 0 aliphatic carbocycles. The van der Waals surface area contributed by atoms with Gasteiger partial charge in [-0.2, -0.15) is 13.2 Å². The summed E-state index contributed by atoms with van der Waals surface area (Å²) in [7, 11) is 0. The molecule has 0 unspecified atom stereocenters. The van der Waals surface area contributed by atoms with Gasteiger partial charge in [-0.25, -0.2) is 4.98 Å². The number of halogens is 3. The number of para-hydroxylation sites is 1. The number of rotatable bonds is 4. The van der Waals surface area contributed by atoms with Gasteiger partial charge in [0.2, 0.25) is 5.60 Å². The summed E-state index contributed by atoms with van der Waals surface area (Å²) in [5.41, 5.74) is -2.29. The van der Waals surface area contributed by atoms with Crippen LogP contribution in [0.25, 0.3) is 21.0 Å². The summed E-state index contributed by atoms with van der Waals surface area (Å²) in [5, 5.41) is 14.8. The molecule has 3 aromatic carbocycles. The van der Waals surface area contributed by atoms with E-state index >= 15 is 0 Å². The van der Waals surface area contributed by atoms with Gasteiger partial charge in [-0.1, -0.05) is 42.5 Å². The molecule has 0 aliphatic rings. The zero-order valence-corrected chi connectivity index (χ0v) is 15.7. The summed E-state index contributed by atoms with van der Waals surface area (Å²) in [6, 6.07) is 16.4. The molecule has 0 aliphatic heterocycles. The van der Waals surface area contributed by atoms with E-state index < -0.39 is 11.8 Å². The van der Waals surface area contributed by atoms with Crippen LogP contribution in [0.2, 0.25) is 0 Å². The topological polar surface area (TPSA) is 45.1 Å². The zero-order chi connectivity index (χ0) is 19.9. The summed E-state index contributed by atoms with van der Waals surface area (Å²) < 4.78 is 43.4. The summed E-state index contributed by atoms with van der Waals surface area (Å²) in [6.45, 7) is 2.54. The van der Waals surface area contributed by atoms with Crippen LogP contribution in [0, 0.1) is 0 Å². The number of fused-ring (bicyclic) bond motifs is 2. The van der Waals surface area contributed by atoms with E-state index in [1.54, 1.807) is 54.6 Å². The Labute approximate surface area is 163 Å². The lowest BCUT2D eigenvalue weighted by atomic mass is 9.88. The van der Waals surface area contributed by atoms with Crippen LogP contribution in [0.5, 0.6) is 0 Å². The number of alkyl halides is 3. The number of thiazole rings is 1. The molecule has 0 fully saturated rings. The van der Waals surface area contributed by atoms with Gasteiger partial charge in [0.25, 0.3) is 0 Å². The van der Waals surface area contributed by atoms with Crippen LogP contribution in [0.4, 0.5) is 18.9 Å². The van der Waals surface area contributed by atoms with E-state index in [4.69, 9.17) is 0 Å². The highest BCUT2D eigenvalue weighted by molar-refractivity contribution is 7.18. The number of benzene rings is 3. The Balaban J connectivity index is 2.03.